The first-order valence-electron chi connectivity index (χ1n) is 7.40. The molecule has 0 radical (unpaired) electrons. The smallest absolute Gasteiger partial charge is 0.257 e. The molecule has 0 saturated carbocycles. The lowest BCUT2D eigenvalue weighted by atomic mass is 10.0. The van der Waals surface area contributed by atoms with Gasteiger partial charge in [0.25, 0.3) is 5.91 Å². The van der Waals surface area contributed by atoms with E-state index in [2.05, 4.69) is 12.2 Å². The zero-order valence-corrected chi connectivity index (χ0v) is 13.0. The fraction of sp³-hybridized carbons (Fsp3) is 0.222. The Morgan fingerprint density at radius 3 is 2.35 bits per heavy atom. The van der Waals surface area contributed by atoms with E-state index in [1.54, 1.807) is 24.3 Å². The van der Waals surface area contributed by atoms with E-state index in [9.17, 15) is 9.59 Å². The second kappa shape index (κ2) is 7.98. The van der Waals surface area contributed by atoms with Gasteiger partial charge in [-0.3, -0.25) is 9.59 Å². The average molecular weight is 312 g/mol. The number of ether oxygens (including phenoxy) is 1. The fourth-order valence-corrected chi connectivity index (χ4v) is 2.08. The van der Waals surface area contributed by atoms with Crippen LogP contribution < -0.4 is 15.8 Å². The standard InChI is InChI=1S/C18H20N2O3/c1-13(14-5-3-2-4-6-14)11-20-17(21)12-23-16-9-7-15(8-10-16)18(19)22/h2-10,13H,11-12H2,1H3,(H2,19,22)(H,20,21). The molecule has 120 valence electrons. The van der Waals surface area contributed by atoms with Crippen molar-refractivity contribution in [3.8, 4) is 5.75 Å². The van der Waals surface area contributed by atoms with Crippen molar-refractivity contribution >= 4 is 11.8 Å². The molecule has 3 N–H and O–H groups in total. The van der Waals surface area contributed by atoms with E-state index >= 15 is 0 Å². The van der Waals surface area contributed by atoms with Crippen LogP contribution in [0.15, 0.2) is 54.6 Å². The van der Waals surface area contributed by atoms with Crippen molar-refractivity contribution in [1.29, 1.82) is 0 Å². The molecule has 0 aromatic heterocycles. The Morgan fingerprint density at radius 1 is 1.09 bits per heavy atom. The van der Waals surface area contributed by atoms with Crippen LogP contribution in [-0.4, -0.2) is 25.0 Å². The summed E-state index contributed by atoms with van der Waals surface area (Å²) in [6, 6.07) is 16.3. The van der Waals surface area contributed by atoms with E-state index in [1.807, 2.05) is 30.3 Å². The number of benzene rings is 2. The zero-order chi connectivity index (χ0) is 16.7. The Bertz CT molecular complexity index is 654. The van der Waals surface area contributed by atoms with Crippen molar-refractivity contribution in [2.75, 3.05) is 13.2 Å². The molecule has 2 amide bonds. The summed E-state index contributed by atoms with van der Waals surface area (Å²) in [5.41, 5.74) is 6.74. The zero-order valence-electron chi connectivity index (χ0n) is 13.0. The summed E-state index contributed by atoms with van der Waals surface area (Å²) >= 11 is 0. The Kier molecular flexibility index (Phi) is 5.74. The van der Waals surface area contributed by atoms with Gasteiger partial charge in [0.15, 0.2) is 6.61 Å². The maximum absolute atomic E-state index is 11.8. The number of rotatable bonds is 7. The van der Waals surface area contributed by atoms with Crippen molar-refractivity contribution in [3.63, 3.8) is 0 Å². The van der Waals surface area contributed by atoms with Gasteiger partial charge >= 0.3 is 0 Å². The van der Waals surface area contributed by atoms with E-state index < -0.39 is 5.91 Å². The molecule has 23 heavy (non-hydrogen) atoms. The number of carbonyl (C=O) groups excluding carboxylic acids is 2. The highest BCUT2D eigenvalue weighted by atomic mass is 16.5. The van der Waals surface area contributed by atoms with Gasteiger partial charge in [0.05, 0.1) is 0 Å². The second-order valence-corrected chi connectivity index (χ2v) is 5.29. The van der Waals surface area contributed by atoms with E-state index in [4.69, 9.17) is 10.5 Å². The molecule has 0 bridgehead atoms. The van der Waals surface area contributed by atoms with Gasteiger partial charge in [-0.25, -0.2) is 0 Å². The first kappa shape index (κ1) is 16.5. The summed E-state index contributed by atoms with van der Waals surface area (Å²) in [6.07, 6.45) is 0. The summed E-state index contributed by atoms with van der Waals surface area (Å²) in [5, 5.41) is 2.84. The molecule has 0 aliphatic carbocycles. The topological polar surface area (TPSA) is 81.4 Å². The third-order valence-corrected chi connectivity index (χ3v) is 3.48. The van der Waals surface area contributed by atoms with Crippen LogP contribution >= 0.6 is 0 Å². The lowest BCUT2D eigenvalue weighted by Gasteiger charge is -2.13. The minimum Gasteiger partial charge on any atom is -0.484 e. The molecular formula is C18H20N2O3. The van der Waals surface area contributed by atoms with Crippen LogP contribution in [0.2, 0.25) is 0 Å². The quantitative estimate of drug-likeness (QED) is 0.821. The van der Waals surface area contributed by atoms with E-state index in [0.717, 1.165) is 0 Å². The van der Waals surface area contributed by atoms with Crippen LogP contribution in [0.3, 0.4) is 0 Å². The number of amides is 2. The van der Waals surface area contributed by atoms with Crippen molar-refractivity contribution < 1.29 is 14.3 Å². The van der Waals surface area contributed by atoms with E-state index in [0.29, 0.717) is 17.9 Å². The number of hydrogen-bond donors (Lipinski definition) is 2. The van der Waals surface area contributed by atoms with Crippen molar-refractivity contribution in [1.82, 2.24) is 5.32 Å². The van der Waals surface area contributed by atoms with Gasteiger partial charge < -0.3 is 15.8 Å². The van der Waals surface area contributed by atoms with Gasteiger partial charge in [-0.1, -0.05) is 37.3 Å². The molecule has 2 aromatic carbocycles. The van der Waals surface area contributed by atoms with Gasteiger partial charge in [0.1, 0.15) is 5.75 Å². The molecule has 1 unspecified atom stereocenters. The maximum Gasteiger partial charge on any atom is 0.257 e. The summed E-state index contributed by atoms with van der Waals surface area (Å²) < 4.78 is 5.38. The van der Waals surface area contributed by atoms with Gasteiger partial charge in [-0.2, -0.15) is 0 Å². The number of nitrogens with two attached hydrogens (primary N) is 1. The highest BCUT2D eigenvalue weighted by Crippen LogP contribution is 2.13. The Hall–Kier alpha value is -2.82. The van der Waals surface area contributed by atoms with E-state index in [-0.39, 0.29) is 18.4 Å². The number of carbonyl (C=O) groups is 2. The molecule has 5 heteroatoms. The largest absolute Gasteiger partial charge is 0.484 e. The molecule has 0 fully saturated rings. The van der Waals surface area contributed by atoms with E-state index in [1.165, 1.54) is 5.56 Å². The molecule has 0 aliphatic heterocycles. The molecule has 2 aromatic rings. The van der Waals surface area contributed by atoms with Crippen molar-refractivity contribution in [2.45, 2.75) is 12.8 Å². The van der Waals surface area contributed by atoms with Crippen molar-refractivity contribution in [2.24, 2.45) is 5.73 Å². The third kappa shape index (κ3) is 5.14. The van der Waals surface area contributed by atoms with Gasteiger partial charge in [0, 0.05) is 12.1 Å². The number of primary amides is 1. The lowest BCUT2D eigenvalue weighted by molar-refractivity contribution is -0.123. The van der Waals surface area contributed by atoms with Crippen molar-refractivity contribution in [3.05, 3.63) is 65.7 Å². The molecule has 1 atom stereocenters. The predicted molar refractivity (Wildman–Crippen MR) is 88.3 cm³/mol. The molecule has 5 nitrogen and oxygen atoms in total. The van der Waals surface area contributed by atoms with Gasteiger partial charge in [-0.05, 0) is 35.7 Å². The van der Waals surface area contributed by atoms with Crippen LogP contribution in [0, 0.1) is 0 Å². The molecule has 0 aliphatic rings. The molecule has 2 rings (SSSR count). The summed E-state index contributed by atoms with van der Waals surface area (Å²) in [6.45, 7) is 2.53. The highest BCUT2D eigenvalue weighted by molar-refractivity contribution is 5.92. The maximum atomic E-state index is 11.8. The fourth-order valence-electron chi connectivity index (χ4n) is 2.08. The number of nitrogens with one attached hydrogen (secondary N) is 1. The number of hydrogen-bond acceptors (Lipinski definition) is 3. The molecule has 0 spiro atoms. The summed E-state index contributed by atoms with van der Waals surface area (Å²) in [7, 11) is 0. The van der Waals surface area contributed by atoms with Gasteiger partial charge in [-0.15, -0.1) is 0 Å². The average Bonchev–Trinajstić information content (AvgIpc) is 2.59. The first-order valence-corrected chi connectivity index (χ1v) is 7.40. The van der Waals surface area contributed by atoms with Crippen LogP contribution in [0.1, 0.15) is 28.8 Å². The normalized spacial score (nSPS) is 11.5. The molecule has 0 heterocycles. The third-order valence-electron chi connectivity index (χ3n) is 3.48. The van der Waals surface area contributed by atoms with Crippen LogP contribution in [0.5, 0.6) is 5.75 Å². The van der Waals surface area contributed by atoms with Crippen LogP contribution in [-0.2, 0) is 4.79 Å². The summed E-state index contributed by atoms with van der Waals surface area (Å²) in [4.78, 5) is 22.8. The second-order valence-electron chi connectivity index (χ2n) is 5.29. The summed E-state index contributed by atoms with van der Waals surface area (Å²) in [5.74, 6) is 0.0622. The minimum absolute atomic E-state index is 0.0720. The SMILES string of the molecule is CC(CNC(=O)COc1ccc(C(N)=O)cc1)c1ccccc1. The van der Waals surface area contributed by atoms with Crippen LogP contribution in [0.4, 0.5) is 0 Å². The molecule has 0 saturated heterocycles. The first-order chi connectivity index (χ1) is 11.1. The van der Waals surface area contributed by atoms with Gasteiger partial charge in [0.2, 0.25) is 5.91 Å². The Labute approximate surface area is 135 Å². The monoisotopic (exact) mass is 312 g/mol. The Balaban J connectivity index is 1.75. The predicted octanol–water partition coefficient (Wildman–Crippen LogP) is 2.08. The molecular weight excluding hydrogens is 292 g/mol. The lowest BCUT2D eigenvalue weighted by Crippen LogP contribution is -2.31. The minimum atomic E-state index is -0.496. The van der Waals surface area contributed by atoms with Crippen LogP contribution in [0.25, 0.3) is 0 Å². The highest BCUT2D eigenvalue weighted by Gasteiger charge is 2.08. The Morgan fingerprint density at radius 2 is 1.74 bits per heavy atom.